The van der Waals surface area contributed by atoms with E-state index < -0.39 is 12.0 Å². The molecule has 0 aliphatic carbocycles. The summed E-state index contributed by atoms with van der Waals surface area (Å²) in [4.78, 5) is 32.3. The highest BCUT2D eigenvalue weighted by Crippen LogP contribution is 2.30. The van der Waals surface area contributed by atoms with Crippen molar-refractivity contribution in [1.82, 2.24) is 9.88 Å². The number of carbonyl (C=O) groups excluding carboxylic acids is 2. The van der Waals surface area contributed by atoms with Crippen molar-refractivity contribution in [1.29, 1.82) is 0 Å². The Balaban J connectivity index is 2.05. The molecule has 24 heavy (non-hydrogen) atoms. The monoisotopic (exact) mass is 391 g/mol. The molecular weight excluding hydrogens is 377 g/mol. The molecule has 1 aromatic heterocycles. The van der Waals surface area contributed by atoms with Gasteiger partial charge in [0.1, 0.15) is 6.04 Å². The first-order valence-corrected chi connectivity index (χ1v) is 8.17. The molecule has 3 rings (SSSR count). The lowest BCUT2D eigenvalue weighted by atomic mass is 10.1. The smallest absolute Gasteiger partial charge is 0.257 e. The molecule has 0 fully saturated rings. The number of anilines is 1. The molecule has 124 valence electrons. The second-order valence-corrected chi connectivity index (χ2v) is 6.54. The van der Waals surface area contributed by atoms with Crippen LogP contribution >= 0.6 is 15.9 Å². The molecule has 2 amide bonds. The molecule has 0 unspecified atom stereocenters. The molecule has 1 aliphatic rings. The summed E-state index contributed by atoms with van der Waals surface area (Å²) in [7, 11) is 1.64. The Morgan fingerprint density at radius 1 is 1.25 bits per heavy atom. The van der Waals surface area contributed by atoms with Gasteiger partial charge in [0.2, 0.25) is 11.9 Å². The van der Waals surface area contributed by atoms with Gasteiger partial charge in [-0.25, -0.2) is 4.98 Å². The number of rotatable bonds is 2. The first-order valence-electron chi connectivity index (χ1n) is 7.38. The maximum atomic E-state index is 13.3. The standard InChI is InChI=1S/C17H15BrFN3O2/c1-10-16(23)21(2)14-8-11(18)6-7-13(14)17(24)22(10)9-12-4-3-5-15(19)20-12/h3-8,10H,9H2,1-2H3/t10-/m1/s1. The van der Waals surface area contributed by atoms with Crippen molar-refractivity contribution in [2.75, 3.05) is 11.9 Å². The van der Waals surface area contributed by atoms with Gasteiger partial charge in [-0.2, -0.15) is 4.39 Å². The van der Waals surface area contributed by atoms with E-state index >= 15 is 0 Å². The van der Waals surface area contributed by atoms with E-state index in [0.717, 1.165) is 4.47 Å². The summed E-state index contributed by atoms with van der Waals surface area (Å²) >= 11 is 3.36. The number of benzene rings is 1. The van der Waals surface area contributed by atoms with Crippen LogP contribution in [0.15, 0.2) is 40.9 Å². The van der Waals surface area contributed by atoms with Crippen LogP contribution in [0.25, 0.3) is 0 Å². The quantitative estimate of drug-likeness (QED) is 0.739. The van der Waals surface area contributed by atoms with Gasteiger partial charge in [0.25, 0.3) is 5.91 Å². The molecular formula is C17H15BrFN3O2. The molecule has 2 heterocycles. The lowest BCUT2D eigenvalue weighted by molar-refractivity contribution is -0.122. The van der Waals surface area contributed by atoms with E-state index in [0.29, 0.717) is 16.9 Å². The van der Waals surface area contributed by atoms with Gasteiger partial charge in [0.05, 0.1) is 23.5 Å². The van der Waals surface area contributed by atoms with Crippen molar-refractivity contribution in [3.8, 4) is 0 Å². The third kappa shape index (κ3) is 2.91. The van der Waals surface area contributed by atoms with Gasteiger partial charge < -0.3 is 9.80 Å². The van der Waals surface area contributed by atoms with Gasteiger partial charge >= 0.3 is 0 Å². The minimum atomic E-state index is -0.682. The Morgan fingerprint density at radius 2 is 2.00 bits per heavy atom. The molecule has 0 spiro atoms. The summed E-state index contributed by atoms with van der Waals surface area (Å²) in [5.74, 6) is -1.11. The number of aromatic nitrogens is 1. The van der Waals surface area contributed by atoms with Crippen LogP contribution in [-0.4, -0.2) is 34.8 Å². The summed E-state index contributed by atoms with van der Waals surface area (Å²) in [6.07, 6.45) is 0. The van der Waals surface area contributed by atoms with E-state index in [1.165, 1.54) is 21.9 Å². The third-order valence-corrected chi connectivity index (χ3v) is 4.57. The fourth-order valence-corrected chi connectivity index (χ4v) is 3.10. The largest absolute Gasteiger partial charge is 0.321 e. The van der Waals surface area contributed by atoms with E-state index in [9.17, 15) is 14.0 Å². The van der Waals surface area contributed by atoms with E-state index in [1.54, 1.807) is 38.2 Å². The summed E-state index contributed by atoms with van der Waals surface area (Å²) in [5, 5.41) is 0. The van der Waals surface area contributed by atoms with Crippen molar-refractivity contribution >= 4 is 33.4 Å². The number of carbonyl (C=O) groups is 2. The molecule has 2 aromatic rings. The zero-order valence-electron chi connectivity index (χ0n) is 13.2. The average molecular weight is 392 g/mol. The molecule has 0 N–H and O–H groups in total. The van der Waals surface area contributed by atoms with Crippen molar-refractivity contribution in [2.24, 2.45) is 0 Å². The van der Waals surface area contributed by atoms with Gasteiger partial charge in [-0.05, 0) is 37.3 Å². The fourth-order valence-electron chi connectivity index (χ4n) is 2.75. The molecule has 0 radical (unpaired) electrons. The first kappa shape index (κ1) is 16.6. The number of likely N-dealkylation sites (N-methyl/N-ethyl adjacent to an activating group) is 1. The Labute approximate surface area is 147 Å². The van der Waals surface area contributed by atoms with E-state index in [1.807, 2.05) is 0 Å². The molecule has 0 bridgehead atoms. The van der Waals surface area contributed by atoms with Gasteiger partial charge in [0.15, 0.2) is 0 Å². The normalized spacial score (nSPS) is 17.8. The molecule has 0 saturated carbocycles. The second kappa shape index (κ2) is 6.32. The number of nitrogens with zero attached hydrogens (tertiary/aromatic N) is 3. The number of fused-ring (bicyclic) bond motifs is 1. The second-order valence-electron chi connectivity index (χ2n) is 5.62. The van der Waals surface area contributed by atoms with Gasteiger partial charge in [-0.3, -0.25) is 9.59 Å². The van der Waals surface area contributed by atoms with E-state index in [-0.39, 0.29) is 18.4 Å². The predicted octanol–water partition coefficient (Wildman–Crippen LogP) is 2.99. The Hall–Kier alpha value is -2.28. The van der Waals surface area contributed by atoms with Crippen molar-refractivity contribution in [3.63, 3.8) is 0 Å². The van der Waals surface area contributed by atoms with Crippen molar-refractivity contribution in [3.05, 3.63) is 58.1 Å². The Kier molecular flexibility index (Phi) is 4.36. The van der Waals surface area contributed by atoms with Crippen LogP contribution in [0.1, 0.15) is 23.0 Å². The molecule has 1 aliphatic heterocycles. The molecule has 5 nitrogen and oxygen atoms in total. The number of pyridine rings is 1. The highest BCUT2D eigenvalue weighted by Gasteiger charge is 2.35. The van der Waals surface area contributed by atoms with Crippen LogP contribution in [-0.2, 0) is 11.3 Å². The zero-order chi connectivity index (χ0) is 17.4. The summed E-state index contributed by atoms with van der Waals surface area (Å²) in [5.41, 5.74) is 1.36. The average Bonchev–Trinajstić information content (AvgIpc) is 2.62. The van der Waals surface area contributed by atoms with E-state index in [4.69, 9.17) is 0 Å². The van der Waals surface area contributed by atoms with Crippen LogP contribution in [0.2, 0.25) is 0 Å². The lowest BCUT2D eigenvalue weighted by Gasteiger charge is -2.26. The number of hydrogen-bond donors (Lipinski definition) is 0. The summed E-state index contributed by atoms with van der Waals surface area (Å²) in [6.45, 7) is 1.73. The van der Waals surface area contributed by atoms with Crippen LogP contribution < -0.4 is 4.90 Å². The van der Waals surface area contributed by atoms with Crippen LogP contribution in [0.5, 0.6) is 0 Å². The highest BCUT2D eigenvalue weighted by molar-refractivity contribution is 9.10. The fraction of sp³-hybridized carbons (Fsp3) is 0.235. The summed E-state index contributed by atoms with van der Waals surface area (Å²) in [6, 6.07) is 8.89. The van der Waals surface area contributed by atoms with Gasteiger partial charge in [-0.15, -0.1) is 0 Å². The number of halogens is 2. The molecule has 0 saturated heterocycles. The van der Waals surface area contributed by atoms with Gasteiger partial charge in [-0.1, -0.05) is 22.0 Å². The maximum absolute atomic E-state index is 13.3. The van der Waals surface area contributed by atoms with Crippen LogP contribution in [0.3, 0.4) is 0 Å². The Morgan fingerprint density at radius 3 is 2.71 bits per heavy atom. The van der Waals surface area contributed by atoms with Crippen LogP contribution in [0, 0.1) is 5.95 Å². The van der Waals surface area contributed by atoms with Crippen molar-refractivity contribution in [2.45, 2.75) is 19.5 Å². The van der Waals surface area contributed by atoms with Crippen LogP contribution in [0.4, 0.5) is 10.1 Å². The number of amides is 2. The molecule has 1 aromatic carbocycles. The van der Waals surface area contributed by atoms with Crippen molar-refractivity contribution < 1.29 is 14.0 Å². The summed E-state index contributed by atoms with van der Waals surface area (Å²) < 4.78 is 14.1. The lowest BCUT2D eigenvalue weighted by Crippen LogP contribution is -2.45. The Bertz CT molecular complexity index is 827. The molecule has 1 atom stereocenters. The number of hydrogen-bond acceptors (Lipinski definition) is 3. The first-order chi connectivity index (χ1) is 11.4. The maximum Gasteiger partial charge on any atom is 0.257 e. The minimum absolute atomic E-state index is 0.0623. The molecule has 7 heteroatoms. The minimum Gasteiger partial charge on any atom is -0.321 e. The zero-order valence-corrected chi connectivity index (χ0v) is 14.7. The SMILES string of the molecule is C[C@@H]1C(=O)N(C)c2cc(Br)ccc2C(=O)N1Cc1cccc(F)n1. The predicted molar refractivity (Wildman–Crippen MR) is 91.1 cm³/mol. The third-order valence-electron chi connectivity index (χ3n) is 4.07. The topological polar surface area (TPSA) is 53.5 Å². The highest BCUT2D eigenvalue weighted by atomic mass is 79.9. The van der Waals surface area contributed by atoms with E-state index in [2.05, 4.69) is 20.9 Å². The van der Waals surface area contributed by atoms with Gasteiger partial charge in [0, 0.05) is 11.5 Å².